The third kappa shape index (κ3) is 8.00. The molecule has 1 aliphatic heterocycles. The van der Waals surface area contributed by atoms with Crippen LogP contribution in [0.25, 0.3) is 10.9 Å². The maximum Gasteiger partial charge on any atom is 0.273 e. The van der Waals surface area contributed by atoms with E-state index in [2.05, 4.69) is 10.0 Å². The van der Waals surface area contributed by atoms with Gasteiger partial charge in [-0.15, -0.1) is 0 Å². The predicted molar refractivity (Wildman–Crippen MR) is 144 cm³/mol. The van der Waals surface area contributed by atoms with Gasteiger partial charge in [0.1, 0.15) is 35.9 Å². The maximum absolute atomic E-state index is 13.8. The lowest BCUT2D eigenvalue weighted by Crippen LogP contribution is -2.51. The Morgan fingerprint density at radius 1 is 1.24 bits per heavy atom. The van der Waals surface area contributed by atoms with Crippen molar-refractivity contribution in [1.29, 1.82) is 0 Å². The number of pyridine rings is 1. The average molecular weight is 537 g/mol. The highest BCUT2D eigenvalue weighted by Crippen LogP contribution is 2.33. The van der Waals surface area contributed by atoms with Gasteiger partial charge in [0.15, 0.2) is 0 Å². The normalized spacial score (nSPS) is 17.1. The third-order valence-corrected chi connectivity index (χ3v) is 7.06. The van der Waals surface area contributed by atoms with Crippen molar-refractivity contribution in [2.24, 2.45) is 0 Å². The molecular formula is C26H40N4O6S. The van der Waals surface area contributed by atoms with Crippen LogP contribution in [0.3, 0.4) is 0 Å². The van der Waals surface area contributed by atoms with E-state index in [1.54, 1.807) is 19.2 Å². The lowest BCUT2D eigenvalue weighted by Gasteiger charge is -2.37. The predicted octanol–water partition coefficient (Wildman–Crippen LogP) is 2.57. The van der Waals surface area contributed by atoms with Crippen LogP contribution in [0.1, 0.15) is 50.5 Å². The van der Waals surface area contributed by atoms with Gasteiger partial charge in [-0.25, -0.2) is 18.1 Å². The zero-order valence-electron chi connectivity index (χ0n) is 22.5. The van der Waals surface area contributed by atoms with E-state index in [-0.39, 0.29) is 30.3 Å². The molecule has 3 rings (SSSR count). The second kappa shape index (κ2) is 13.4. The molecule has 2 heterocycles. The number of methoxy groups -OCH3 is 1. The molecule has 0 unspecified atom stereocenters. The van der Waals surface area contributed by atoms with Crippen LogP contribution in [0.5, 0.6) is 11.5 Å². The summed E-state index contributed by atoms with van der Waals surface area (Å²) in [5, 5.41) is 4.09. The number of carbonyl (C=O) groups is 1. The molecule has 11 heteroatoms. The first kappa shape index (κ1) is 29.1. The van der Waals surface area contributed by atoms with Crippen LogP contribution in [0, 0.1) is 0 Å². The smallest absolute Gasteiger partial charge is 0.273 e. The minimum Gasteiger partial charge on any atom is -0.490 e. The van der Waals surface area contributed by atoms with E-state index in [1.807, 2.05) is 37.8 Å². The molecule has 2 aromatic rings. The number of aromatic nitrogens is 1. The molecule has 1 fully saturated rings. The minimum absolute atomic E-state index is 0.00775. The van der Waals surface area contributed by atoms with Crippen LogP contribution < -0.4 is 19.5 Å². The number of nitrogens with one attached hydrogen (secondary N) is 2. The fraction of sp³-hybridized carbons (Fsp3) is 0.615. The first-order valence-electron chi connectivity index (χ1n) is 12.8. The molecule has 206 valence electrons. The van der Waals surface area contributed by atoms with Crippen molar-refractivity contribution in [3.8, 4) is 11.5 Å². The lowest BCUT2D eigenvalue weighted by molar-refractivity contribution is 0.0567. The SMILES string of the molecule is CC[C@H](COc1cccc2c(OCCOC)cc(C(=O)N(C(C)C)[C@@H]3CCCNC3)nc12)NS(C)(=O)=O. The molecule has 0 radical (unpaired) electrons. The Balaban J connectivity index is 2.00. The third-order valence-electron chi connectivity index (χ3n) is 6.30. The zero-order valence-corrected chi connectivity index (χ0v) is 23.3. The van der Waals surface area contributed by atoms with E-state index in [0.29, 0.717) is 42.0 Å². The number of fused-ring (bicyclic) bond motifs is 1. The van der Waals surface area contributed by atoms with Gasteiger partial charge in [0.05, 0.1) is 18.9 Å². The molecule has 1 aromatic carbocycles. The van der Waals surface area contributed by atoms with E-state index in [0.717, 1.165) is 32.2 Å². The van der Waals surface area contributed by atoms with E-state index in [1.165, 1.54) is 0 Å². The topological polar surface area (TPSA) is 119 Å². The second-order valence-electron chi connectivity index (χ2n) is 9.61. The molecule has 1 aromatic heterocycles. The number of hydrogen-bond donors (Lipinski definition) is 2. The first-order valence-corrected chi connectivity index (χ1v) is 14.7. The van der Waals surface area contributed by atoms with Gasteiger partial charge in [-0.05, 0) is 51.8 Å². The second-order valence-corrected chi connectivity index (χ2v) is 11.4. The van der Waals surface area contributed by atoms with Crippen molar-refractivity contribution in [3.63, 3.8) is 0 Å². The average Bonchev–Trinajstić information content (AvgIpc) is 2.86. The summed E-state index contributed by atoms with van der Waals surface area (Å²) in [7, 11) is -1.78. The highest BCUT2D eigenvalue weighted by Gasteiger charge is 2.30. The van der Waals surface area contributed by atoms with Crippen molar-refractivity contribution in [2.45, 2.75) is 58.2 Å². The van der Waals surface area contributed by atoms with Gasteiger partial charge >= 0.3 is 0 Å². The molecule has 0 saturated carbocycles. The van der Waals surface area contributed by atoms with Gasteiger partial charge in [0.2, 0.25) is 10.0 Å². The summed E-state index contributed by atoms with van der Waals surface area (Å²) in [5.41, 5.74) is 0.761. The maximum atomic E-state index is 13.8. The highest BCUT2D eigenvalue weighted by molar-refractivity contribution is 7.88. The zero-order chi connectivity index (χ0) is 27.0. The van der Waals surface area contributed by atoms with Gasteiger partial charge in [-0.2, -0.15) is 0 Å². The van der Waals surface area contributed by atoms with E-state index < -0.39 is 16.1 Å². The number of para-hydroxylation sites is 1. The molecule has 0 bridgehead atoms. The van der Waals surface area contributed by atoms with E-state index >= 15 is 0 Å². The minimum atomic E-state index is -3.38. The molecule has 37 heavy (non-hydrogen) atoms. The molecule has 10 nitrogen and oxygen atoms in total. The van der Waals surface area contributed by atoms with Crippen LogP contribution in [0.2, 0.25) is 0 Å². The van der Waals surface area contributed by atoms with Crippen LogP contribution >= 0.6 is 0 Å². The summed E-state index contributed by atoms with van der Waals surface area (Å²) in [6.07, 6.45) is 3.62. The molecule has 1 amide bonds. The lowest BCUT2D eigenvalue weighted by atomic mass is 10.0. The Morgan fingerprint density at radius 2 is 2.03 bits per heavy atom. The van der Waals surface area contributed by atoms with Crippen LogP contribution in [-0.2, 0) is 14.8 Å². The Morgan fingerprint density at radius 3 is 2.65 bits per heavy atom. The number of ether oxygens (including phenoxy) is 3. The van der Waals surface area contributed by atoms with Gasteiger partial charge < -0.3 is 24.4 Å². The molecule has 0 aliphatic carbocycles. The number of benzene rings is 1. The Kier molecular flexibility index (Phi) is 10.5. The highest BCUT2D eigenvalue weighted by atomic mass is 32.2. The molecule has 0 spiro atoms. The number of piperidine rings is 1. The van der Waals surface area contributed by atoms with Crippen LogP contribution in [0.4, 0.5) is 0 Å². The summed E-state index contributed by atoms with van der Waals surface area (Å²) < 4.78 is 43.2. The molecule has 1 saturated heterocycles. The summed E-state index contributed by atoms with van der Waals surface area (Å²) in [6, 6.07) is 6.81. The van der Waals surface area contributed by atoms with Gasteiger partial charge in [0.25, 0.3) is 5.91 Å². The fourth-order valence-corrected chi connectivity index (χ4v) is 5.37. The number of sulfonamides is 1. The Hall–Kier alpha value is -2.47. The summed E-state index contributed by atoms with van der Waals surface area (Å²) in [4.78, 5) is 20.5. The first-order chi connectivity index (χ1) is 17.6. The quantitative estimate of drug-likeness (QED) is 0.375. The monoisotopic (exact) mass is 536 g/mol. The number of carbonyl (C=O) groups excluding carboxylic acids is 1. The standard InChI is InChI=1S/C26H40N4O6S/c1-6-19(29-37(5,32)33)17-36-23-11-7-10-21-24(35-14-13-34-4)15-22(28-25(21)23)26(31)30(18(2)3)20-9-8-12-27-16-20/h7,10-11,15,18-20,27,29H,6,8-9,12-14,16-17H2,1-5H3/t19-,20-/m1/s1. The Bertz CT molecular complexity index is 1150. The van der Waals surface area contributed by atoms with Gasteiger partial charge in [0, 0.05) is 37.2 Å². The van der Waals surface area contributed by atoms with Crippen LogP contribution in [0.15, 0.2) is 24.3 Å². The largest absolute Gasteiger partial charge is 0.490 e. The summed E-state index contributed by atoms with van der Waals surface area (Å²) in [6.45, 7) is 8.43. The number of hydrogen-bond acceptors (Lipinski definition) is 8. The fourth-order valence-electron chi connectivity index (χ4n) is 4.52. The molecule has 2 N–H and O–H groups in total. The van der Waals surface area contributed by atoms with Crippen molar-refractivity contribution >= 4 is 26.8 Å². The Labute approximate surface area is 220 Å². The van der Waals surface area contributed by atoms with E-state index in [4.69, 9.17) is 19.2 Å². The number of rotatable bonds is 13. The number of amides is 1. The molecule has 2 atom stereocenters. The van der Waals surface area contributed by atoms with Crippen molar-refractivity contribution in [3.05, 3.63) is 30.0 Å². The molecular weight excluding hydrogens is 496 g/mol. The van der Waals surface area contributed by atoms with Crippen molar-refractivity contribution in [1.82, 2.24) is 19.9 Å². The van der Waals surface area contributed by atoms with E-state index in [9.17, 15) is 13.2 Å². The number of nitrogens with zero attached hydrogens (tertiary/aromatic N) is 2. The summed E-state index contributed by atoms with van der Waals surface area (Å²) in [5.74, 6) is 0.803. The molecule has 1 aliphatic rings. The van der Waals surface area contributed by atoms with Crippen molar-refractivity contribution < 1.29 is 27.4 Å². The van der Waals surface area contributed by atoms with Crippen LogP contribution in [-0.4, -0.2) is 88.6 Å². The summed E-state index contributed by atoms with van der Waals surface area (Å²) >= 11 is 0. The van der Waals surface area contributed by atoms with Gasteiger partial charge in [-0.3, -0.25) is 4.79 Å². The van der Waals surface area contributed by atoms with Gasteiger partial charge in [-0.1, -0.05) is 13.0 Å². The van der Waals surface area contributed by atoms with Crippen molar-refractivity contribution in [2.75, 3.05) is 46.3 Å².